The van der Waals surface area contributed by atoms with Crippen LogP contribution in [0, 0.1) is 19.7 Å². The normalized spacial score (nSPS) is 12.5. The Bertz CT molecular complexity index is 522. The number of nitrogens with zero attached hydrogens (tertiary/aromatic N) is 2. The summed E-state index contributed by atoms with van der Waals surface area (Å²) in [4.78, 5) is 7.95. The fourth-order valence-electron chi connectivity index (χ4n) is 1.79. The van der Waals surface area contributed by atoms with Crippen molar-refractivity contribution in [3.05, 3.63) is 58.9 Å². The lowest BCUT2D eigenvalue weighted by Crippen LogP contribution is -2.03. The summed E-state index contributed by atoms with van der Waals surface area (Å²) in [5.74, 6) is -0.455. The Morgan fingerprint density at radius 1 is 1.06 bits per heavy atom. The molecule has 2 rings (SSSR count). The monoisotopic (exact) mass is 232 g/mol. The molecule has 2 heterocycles. The standard InChI is InChI=1S/C13H13FN2O/c1-8-3-10(4-9(2)16-8)13(17)11-5-12(14)7-15-6-11/h3-7,13,17H,1-2H3. The molecular formula is C13H13FN2O. The number of pyridine rings is 2. The number of aromatic nitrogens is 2. The number of hydrogen-bond acceptors (Lipinski definition) is 3. The van der Waals surface area contributed by atoms with Crippen molar-refractivity contribution in [2.24, 2.45) is 0 Å². The molecule has 2 aromatic rings. The fraction of sp³-hybridized carbons (Fsp3) is 0.231. The maximum atomic E-state index is 13.0. The number of rotatable bonds is 2. The third-order valence-corrected chi connectivity index (χ3v) is 2.46. The predicted octanol–water partition coefficient (Wildman–Crippen LogP) is 2.31. The van der Waals surface area contributed by atoms with Crippen LogP contribution in [0.25, 0.3) is 0 Å². The second-order valence-corrected chi connectivity index (χ2v) is 4.02. The van der Waals surface area contributed by atoms with E-state index in [1.54, 1.807) is 12.1 Å². The maximum Gasteiger partial charge on any atom is 0.141 e. The van der Waals surface area contributed by atoms with E-state index >= 15 is 0 Å². The molecule has 4 heteroatoms. The third kappa shape index (κ3) is 2.65. The van der Waals surface area contributed by atoms with Crippen LogP contribution in [0.3, 0.4) is 0 Å². The lowest BCUT2D eigenvalue weighted by Gasteiger charge is -2.12. The van der Waals surface area contributed by atoms with Gasteiger partial charge in [-0.05, 0) is 37.6 Å². The molecule has 0 spiro atoms. The van der Waals surface area contributed by atoms with E-state index in [1.807, 2.05) is 13.8 Å². The first kappa shape index (κ1) is 11.7. The smallest absolute Gasteiger partial charge is 0.141 e. The highest BCUT2D eigenvalue weighted by atomic mass is 19.1. The van der Waals surface area contributed by atoms with Crippen LogP contribution in [0.2, 0.25) is 0 Å². The van der Waals surface area contributed by atoms with Crippen molar-refractivity contribution in [3.8, 4) is 0 Å². The van der Waals surface area contributed by atoms with Gasteiger partial charge in [0.15, 0.2) is 0 Å². The van der Waals surface area contributed by atoms with Crippen molar-refractivity contribution in [1.29, 1.82) is 0 Å². The molecule has 0 aliphatic heterocycles. The molecule has 0 bridgehead atoms. The molecule has 0 radical (unpaired) electrons. The van der Waals surface area contributed by atoms with Crippen LogP contribution in [0.4, 0.5) is 4.39 Å². The van der Waals surface area contributed by atoms with Gasteiger partial charge in [0.25, 0.3) is 0 Å². The van der Waals surface area contributed by atoms with Gasteiger partial charge in [0.2, 0.25) is 0 Å². The molecular weight excluding hydrogens is 219 g/mol. The minimum Gasteiger partial charge on any atom is -0.384 e. The van der Waals surface area contributed by atoms with Gasteiger partial charge in [-0.3, -0.25) is 9.97 Å². The largest absolute Gasteiger partial charge is 0.384 e. The first-order valence-corrected chi connectivity index (χ1v) is 5.30. The maximum absolute atomic E-state index is 13.0. The van der Waals surface area contributed by atoms with Crippen molar-refractivity contribution in [2.45, 2.75) is 20.0 Å². The summed E-state index contributed by atoms with van der Waals surface area (Å²) in [7, 11) is 0. The van der Waals surface area contributed by atoms with Gasteiger partial charge >= 0.3 is 0 Å². The van der Waals surface area contributed by atoms with Crippen molar-refractivity contribution in [2.75, 3.05) is 0 Å². The molecule has 0 amide bonds. The van der Waals surface area contributed by atoms with Gasteiger partial charge in [0, 0.05) is 23.1 Å². The van der Waals surface area contributed by atoms with Gasteiger partial charge in [-0.2, -0.15) is 0 Å². The van der Waals surface area contributed by atoms with Gasteiger partial charge in [-0.25, -0.2) is 4.39 Å². The molecule has 0 fully saturated rings. The average molecular weight is 232 g/mol. The topological polar surface area (TPSA) is 46.0 Å². The molecule has 17 heavy (non-hydrogen) atoms. The number of aliphatic hydroxyl groups excluding tert-OH is 1. The first-order valence-electron chi connectivity index (χ1n) is 5.30. The van der Waals surface area contributed by atoms with E-state index < -0.39 is 11.9 Å². The van der Waals surface area contributed by atoms with Crippen molar-refractivity contribution < 1.29 is 9.50 Å². The Labute approximate surface area is 99.0 Å². The van der Waals surface area contributed by atoms with Gasteiger partial charge in [0.1, 0.15) is 11.9 Å². The predicted molar refractivity (Wildman–Crippen MR) is 62.0 cm³/mol. The summed E-state index contributed by atoms with van der Waals surface area (Å²) < 4.78 is 13.0. The van der Waals surface area contributed by atoms with Crippen molar-refractivity contribution >= 4 is 0 Å². The highest BCUT2D eigenvalue weighted by Crippen LogP contribution is 2.22. The highest BCUT2D eigenvalue weighted by molar-refractivity contribution is 5.30. The molecule has 1 N–H and O–H groups in total. The molecule has 88 valence electrons. The van der Waals surface area contributed by atoms with Crippen LogP contribution in [0.5, 0.6) is 0 Å². The zero-order valence-corrected chi connectivity index (χ0v) is 9.68. The van der Waals surface area contributed by atoms with E-state index in [9.17, 15) is 9.50 Å². The molecule has 0 aromatic carbocycles. The van der Waals surface area contributed by atoms with E-state index in [0.717, 1.165) is 17.6 Å². The number of halogens is 1. The van der Waals surface area contributed by atoms with Crippen LogP contribution in [0.15, 0.2) is 30.6 Å². The molecule has 0 saturated carbocycles. The number of hydrogen-bond donors (Lipinski definition) is 1. The van der Waals surface area contributed by atoms with Crippen molar-refractivity contribution in [3.63, 3.8) is 0 Å². The lowest BCUT2D eigenvalue weighted by atomic mass is 10.0. The molecule has 0 aliphatic rings. The summed E-state index contributed by atoms with van der Waals surface area (Å²) in [6.45, 7) is 3.71. The summed E-state index contributed by atoms with van der Waals surface area (Å²) in [5.41, 5.74) is 2.78. The zero-order chi connectivity index (χ0) is 12.4. The van der Waals surface area contributed by atoms with Gasteiger partial charge in [0.05, 0.1) is 6.20 Å². The molecule has 0 saturated heterocycles. The van der Waals surface area contributed by atoms with Gasteiger partial charge in [-0.15, -0.1) is 0 Å². The molecule has 1 unspecified atom stereocenters. The van der Waals surface area contributed by atoms with Gasteiger partial charge < -0.3 is 5.11 Å². The second-order valence-electron chi connectivity index (χ2n) is 4.02. The van der Waals surface area contributed by atoms with Crippen LogP contribution in [-0.2, 0) is 0 Å². The summed E-state index contributed by atoms with van der Waals surface area (Å²) in [6.07, 6.45) is 1.69. The van der Waals surface area contributed by atoms with Crippen LogP contribution in [0.1, 0.15) is 28.6 Å². The average Bonchev–Trinajstić information content (AvgIpc) is 2.26. The zero-order valence-electron chi connectivity index (χ0n) is 9.68. The molecule has 0 aliphatic carbocycles. The van der Waals surface area contributed by atoms with E-state index in [2.05, 4.69) is 9.97 Å². The SMILES string of the molecule is Cc1cc(C(O)c2cncc(F)c2)cc(C)n1. The second kappa shape index (κ2) is 4.59. The lowest BCUT2D eigenvalue weighted by molar-refractivity contribution is 0.219. The Kier molecular flexibility index (Phi) is 3.15. The van der Waals surface area contributed by atoms with Crippen LogP contribution < -0.4 is 0 Å². The summed E-state index contributed by atoms with van der Waals surface area (Å²) in [5, 5.41) is 10.1. The Morgan fingerprint density at radius 2 is 1.71 bits per heavy atom. The Hall–Kier alpha value is -1.81. The van der Waals surface area contributed by atoms with E-state index in [1.165, 1.54) is 12.3 Å². The number of aryl methyl sites for hydroxylation is 2. The Balaban J connectivity index is 2.39. The Morgan fingerprint density at radius 3 is 2.29 bits per heavy atom. The number of aliphatic hydroxyl groups is 1. The van der Waals surface area contributed by atoms with Crippen LogP contribution >= 0.6 is 0 Å². The molecule has 2 aromatic heterocycles. The van der Waals surface area contributed by atoms with Gasteiger partial charge in [-0.1, -0.05) is 0 Å². The minimum absolute atomic E-state index is 0.440. The minimum atomic E-state index is -0.876. The summed E-state index contributed by atoms with van der Waals surface area (Å²) in [6, 6.07) is 4.84. The van der Waals surface area contributed by atoms with E-state index in [4.69, 9.17) is 0 Å². The molecule has 1 atom stereocenters. The fourth-order valence-corrected chi connectivity index (χ4v) is 1.79. The quantitative estimate of drug-likeness (QED) is 0.864. The first-order chi connectivity index (χ1) is 8.06. The van der Waals surface area contributed by atoms with Crippen LogP contribution in [-0.4, -0.2) is 15.1 Å². The van der Waals surface area contributed by atoms with E-state index in [-0.39, 0.29) is 0 Å². The highest BCUT2D eigenvalue weighted by Gasteiger charge is 2.12. The van der Waals surface area contributed by atoms with Crippen molar-refractivity contribution in [1.82, 2.24) is 9.97 Å². The summed E-state index contributed by atoms with van der Waals surface area (Å²) >= 11 is 0. The molecule has 3 nitrogen and oxygen atoms in total. The van der Waals surface area contributed by atoms with E-state index in [0.29, 0.717) is 11.1 Å². The third-order valence-electron chi connectivity index (χ3n) is 2.46.